The van der Waals surface area contributed by atoms with Crippen LogP contribution in [-0.4, -0.2) is 36.1 Å². The van der Waals surface area contributed by atoms with E-state index in [1.54, 1.807) is 0 Å². The van der Waals surface area contributed by atoms with Gasteiger partial charge in [0.25, 0.3) is 0 Å². The largest absolute Gasteiger partial charge is 0.308 e. The number of fused-ring (bicyclic) bond motifs is 1. The van der Waals surface area contributed by atoms with Gasteiger partial charge in [-0.1, -0.05) is 19.1 Å². The van der Waals surface area contributed by atoms with E-state index in [9.17, 15) is 0 Å². The van der Waals surface area contributed by atoms with Crippen molar-refractivity contribution in [1.29, 1.82) is 0 Å². The second-order valence-electron chi connectivity index (χ2n) is 6.39. The van der Waals surface area contributed by atoms with E-state index in [1.807, 2.05) is 12.3 Å². The van der Waals surface area contributed by atoms with Gasteiger partial charge in [-0.15, -0.1) is 0 Å². The molecule has 21 heavy (non-hydrogen) atoms. The summed E-state index contributed by atoms with van der Waals surface area (Å²) in [5, 5.41) is 4.91. The average molecular weight is 285 g/mol. The molecule has 0 aliphatic rings. The predicted molar refractivity (Wildman–Crippen MR) is 90.5 cm³/mol. The van der Waals surface area contributed by atoms with Crippen LogP contribution < -0.4 is 5.32 Å². The van der Waals surface area contributed by atoms with E-state index in [-0.39, 0.29) is 11.6 Å². The first-order valence-electron chi connectivity index (χ1n) is 7.72. The molecule has 0 saturated carbocycles. The van der Waals surface area contributed by atoms with E-state index in [4.69, 9.17) is 0 Å². The second-order valence-corrected chi connectivity index (χ2v) is 6.39. The van der Waals surface area contributed by atoms with Crippen LogP contribution in [0.4, 0.5) is 0 Å². The van der Waals surface area contributed by atoms with Crippen molar-refractivity contribution in [3.05, 3.63) is 42.1 Å². The van der Waals surface area contributed by atoms with E-state index in [0.29, 0.717) is 0 Å². The summed E-state index contributed by atoms with van der Waals surface area (Å²) in [5.41, 5.74) is 2.41. The van der Waals surface area contributed by atoms with Crippen molar-refractivity contribution < 1.29 is 0 Å². The molecule has 3 nitrogen and oxygen atoms in total. The van der Waals surface area contributed by atoms with E-state index < -0.39 is 0 Å². The first-order valence-corrected chi connectivity index (χ1v) is 7.72. The molecule has 114 valence electrons. The molecule has 1 heterocycles. The maximum absolute atomic E-state index is 4.41. The third-order valence-electron chi connectivity index (χ3n) is 4.42. The second kappa shape index (κ2) is 6.54. The van der Waals surface area contributed by atoms with Gasteiger partial charge in [0.1, 0.15) is 0 Å². The molecule has 0 bridgehead atoms. The molecule has 3 heteroatoms. The van der Waals surface area contributed by atoms with Gasteiger partial charge in [-0.2, -0.15) is 0 Å². The molecular formula is C18H27N3. The Bertz CT molecular complexity index is 590. The Labute approximate surface area is 128 Å². The highest BCUT2D eigenvalue weighted by atomic mass is 15.2. The summed E-state index contributed by atoms with van der Waals surface area (Å²) < 4.78 is 0. The van der Waals surface area contributed by atoms with Crippen molar-refractivity contribution in [3.8, 4) is 0 Å². The van der Waals surface area contributed by atoms with Crippen LogP contribution in [-0.2, 0) is 0 Å². The van der Waals surface area contributed by atoms with Gasteiger partial charge in [0.05, 0.1) is 11.6 Å². The zero-order valence-electron chi connectivity index (χ0n) is 13.9. The van der Waals surface area contributed by atoms with Crippen LogP contribution in [0.1, 0.15) is 38.8 Å². The van der Waals surface area contributed by atoms with E-state index in [2.05, 4.69) is 74.3 Å². The highest BCUT2D eigenvalue weighted by Gasteiger charge is 2.32. The first-order chi connectivity index (χ1) is 9.96. The summed E-state index contributed by atoms with van der Waals surface area (Å²) in [7, 11) is 4.28. The molecule has 0 amide bonds. The molecule has 1 aromatic heterocycles. The van der Waals surface area contributed by atoms with Gasteiger partial charge in [0.15, 0.2) is 0 Å². The Morgan fingerprint density at radius 1 is 1.24 bits per heavy atom. The Morgan fingerprint density at radius 3 is 2.67 bits per heavy atom. The Hall–Kier alpha value is -1.45. The molecule has 0 radical (unpaired) electrons. The lowest BCUT2D eigenvalue weighted by Gasteiger charge is -2.41. The summed E-state index contributed by atoms with van der Waals surface area (Å²) in [6.45, 7) is 7.80. The number of nitrogens with one attached hydrogen (secondary N) is 1. The molecule has 2 rings (SSSR count). The third-order valence-corrected chi connectivity index (χ3v) is 4.42. The standard InChI is InChI=1S/C18H27N3/c1-6-11-20-17(18(2,3)21(4)5)15-9-10-16-14(13-15)8-7-12-19-16/h7-10,12-13,17,20H,6,11H2,1-5H3. The minimum atomic E-state index is 0.0328. The molecule has 0 spiro atoms. The lowest BCUT2D eigenvalue weighted by molar-refractivity contribution is 0.138. The summed E-state index contributed by atoms with van der Waals surface area (Å²) >= 11 is 0. The molecule has 0 fully saturated rings. The fraction of sp³-hybridized carbons (Fsp3) is 0.500. The number of pyridine rings is 1. The molecule has 2 aromatic rings. The van der Waals surface area contributed by atoms with Crippen LogP contribution in [0, 0.1) is 0 Å². The highest BCUT2D eigenvalue weighted by Crippen LogP contribution is 2.31. The Balaban J connectivity index is 2.42. The zero-order valence-corrected chi connectivity index (χ0v) is 13.9. The number of hydrogen-bond acceptors (Lipinski definition) is 3. The number of rotatable bonds is 6. The van der Waals surface area contributed by atoms with Gasteiger partial charge in [-0.05, 0) is 64.7 Å². The molecule has 0 saturated heterocycles. The number of benzene rings is 1. The number of likely N-dealkylation sites (N-methyl/N-ethyl adjacent to an activating group) is 1. The first kappa shape index (κ1) is 15.9. The SMILES string of the molecule is CCCNC(c1ccc2ncccc2c1)C(C)(C)N(C)C. The fourth-order valence-corrected chi connectivity index (χ4v) is 2.60. The van der Waals surface area contributed by atoms with Crippen LogP contribution in [0.5, 0.6) is 0 Å². The molecule has 1 aromatic carbocycles. The van der Waals surface area contributed by atoms with E-state index in [1.165, 1.54) is 10.9 Å². The Morgan fingerprint density at radius 2 is 2.00 bits per heavy atom. The van der Waals surface area contributed by atoms with Crippen LogP contribution in [0.3, 0.4) is 0 Å². The lowest BCUT2D eigenvalue weighted by atomic mass is 9.86. The van der Waals surface area contributed by atoms with E-state index >= 15 is 0 Å². The van der Waals surface area contributed by atoms with Gasteiger partial charge in [-0.3, -0.25) is 4.98 Å². The van der Waals surface area contributed by atoms with Crippen molar-refractivity contribution in [3.63, 3.8) is 0 Å². The van der Waals surface area contributed by atoms with E-state index in [0.717, 1.165) is 18.5 Å². The van der Waals surface area contributed by atoms with Crippen molar-refractivity contribution in [2.45, 2.75) is 38.8 Å². The molecule has 1 unspecified atom stereocenters. The minimum absolute atomic E-state index is 0.0328. The summed E-state index contributed by atoms with van der Waals surface area (Å²) in [6, 6.07) is 11.0. The maximum Gasteiger partial charge on any atom is 0.0702 e. The average Bonchev–Trinajstić information content (AvgIpc) is 2.47. The van der Waals surface area contributed by atoms with Crippen LogP contribution >= 0.6 is 0 Å². The molecule has 1 atom stereocenters. The number of nitrogens with zero attached hydrogens (tertiary/aromatic N) is 2. The Kier molecular flexibility index (Phi) is 4.96. The van der Waals surface area contributed by atoms with Gasteiger partial charge in [-0.25, -0.2) is 0 Å². The number of aromatic nitrogens is 1. The third kappa shape index (κ3) is 3.42. The van der Waals surface area contributed by atoms with Crippen molar-refractivity contribution in [2.24, 2.45) is 0 Å². The van der Waals surface area contributed by atoms with Crippen molar-refractivity contribution in [2.75, 3.05) is 20.6 Å². The molecule has 0 aliphatic carbocycles. The topological polar surface area (TPSA) is 28.2 Å². The molecule has 0 aliphatic heterocycles. The predicted octanol–water partition coefficient (Wildman–Crippen LogP) is 3.62. The van der Waals surface area contributed by atoms with Gasteiger partial charge in [0, 0.05) is 17.1 Å². The zero-order chi connectivity index (χ0) is 15.5. The van der Waals surface area contributed by atoms with Crippen LogP contribution in [0.2, 0.25) is 0 Å². The van der Waals surface area contributed by atoms with Crippen LogP contribution in [0.15, 0.2) is 36.5 Å². The highest BCUT2D eigenvalue weighted by molar-refractivity contribution is 5.79. The fourth-order valence-electron chi connectivity index (χ4n) is 2.60. The minimum Gasteiger partial charge on any atom is -0.308 e. The maximum atomic E-state index is 4.41. The lowest BCUT2D eigenvalue weighted by Crippen LogP contribution is -2.49. The number of hydrogen-bond donors (Lipinski definition) is 1. The quantitative estimate of drug-likeness (QED) is 0.878. The smallest absolute Gasteiger partial charge is 0.0702 e. The normalized spacial score (nSPS) is 13.8. The summed E-state index contributed by atoms with van der Waals surface area (Å²) in [4.78, 5) is 6.70. The summed E-state index contributed by atoms with van der Waals surface area (Å²) in [5.74, 6) is 0. The van der Waals surface area contributed by atoms with Gasteiger partial charge >= 0.3 is 0 Å². The van der Waals surface area contributed by atoms with Crippen molar-refractivity contribution >= 4 is 10.9 Å². The molecular weight excluding hydrogens is 258 g/mol. The molecule has 1 N–H and O–H groups in total. The van der Waals surface area contributed by atoms with Gasteiger partial charge < -0.3 is 10.2 Å². The summed E-state index contributed by atoms with van der Waals surface area (Å²) in [6.07, 6.45) is 2.98. The van der Waals surface area contributed by atoms with Gasteiger partial charge in [0.2, 0.25) is 0 Å². The monoisotopic (exact) mass is 285 g/mol. The van der Waals surface area contributed by atoms with Crippen LogP contribution in [0.25, 0.3) is 10.9 Å². The van der Waals surface area contributed by atoms with Crippen molar-refractivity contribution in [1.82, 2.24) is 15.2 Å².